The minimum atomic E-state index is -0.0567. The van der Waals surface area contributed by atoms with E-state index < -0.39 is 0 Å². The van der Waals surface area contributed by atoms with Crippen LogP contribution in [0.5, 0.6) is 0 Å². The lowest BCUT2D eigenvalue weighted by molar-refractivity contribution is 0.944. The van der Waals surface area contributed by atoms with Crippen molar-refractivity contribution in [3.05, 3.63) is 92.7 Å². The topological polar surface area (TPSA) is 34.9 Å². The molecule has 0 N–H and O–H groups in total. The van der Waals surface area contributed by atoms with E-state index in [1.165, 1.54) is 4.88 Å². The summed E-state index contributed by atoms with van der Waals surface area (Å²) >= 11 is 1.71. The normalized spacial score (nSPS) is 11.4. The van der Waals surface area contributed by atoms with E-state index in [1.807, 2.05) is 66.7 Å². The second kappa shape index (κ2) is 6.49. The van der Waals surface area contributed by atoms with Crippen LogP contribution in [0.25, 0.3) is 28.7 Å². The van der Waals surface area contributed by atoms with Gasteiger partial charge >= 0.3 is 0 Å². The van der Waals surface area contributed by atoms with Crippen molar-refractivity contribution < 1.29 is 0 Å². The van der Waals surface area contributed by atoms with Crippen molar-refractivity contribution >= 4 is 34.4 Å². The van der Waals surface area contributed by atoms with Crippen LogP contribution in [-0.2, 0) is 0 Å². The lowest BCUT2D eigenvalue weighted by Gasteiger charge is -2.11. The van der Waals surface area contributed by atoms with Crippen LogP contribution in [0.15, 0.2) is 71.5 Å². The van der Waals surface area contributed by atoms with Gasteiger partial charge in [-0.05, 0) is 55.5 Å². The fraction of sp³-hybridized carbons (Fsp3) is 0.0476. The summed E-state index contributed by atoms with van der Waals surface area (Å²) in [5.41, 5.74) is 1.47. The van der Waals surface area contributed by atoms with Gasteiger partial charge in [-0.1, -0.05) is 30.3 Å². The Morgan fingerprint density at radius 3 is 2.44 bits per heavy atom. The molecule has 4 aromatic rings. The lowest BCUT2D eigenvalue weighted by atomic mass is 10.2. The number of para-hydroxylation sites is 2. The van der Waals surface area contributed by atoms with Crippen LogP contribution in [0.1, 0.15) is 15.6 Å². The Kier molecular flexibility index (Phi) is 4.04. The number of hydrogen-bond acceptors (Lipinski definition) is 3. The molecule has 0 saturated heterocycles. The molecule has 0 aliphatic rings. The van der Waals surface area contributed by atoms with Gasteiger partial charge in [0.1, 0.15) is 5.82 Å². The van der Waals surface area contributed by atoms with Crippen molar-refractivity contribution in [2.45, 2.75) is 6.92 Å². The molecule has 2 aromatic carbocycles. The van der Waals surface area contributed by atoms with E-state index in [2.05, 4.69) is 19.1 Å². The van der Waals surface area contributed by atoms with Crippen LogP contribution < -0.4 is 5.56 Å². The van der Waals surface area contributed by atoms with E-state index in [4.69, 9.17) is 4.98 Å². The zero-order chi connectivity index (χ0) is 17.2. The number of hydrogen-bond donors (Lipinski definition) is 0. The van der Waals surface area contributed by atoms with Crippen LogP contribution in [0.4, 0.5) is 0 Å². The van der Waals surface area contributed by atoms with E-state index in [9.17, 15) is 4.79 Å². The average molecular weight is 344 g/mol. The van der Waals surface area contributed by atoms with Crippen molar-refractivity contribution in [3.63, 3.8) is 0 Å². The number of benzene rings is 2. The van der Waals surface area contributed by atoms with Crippen molar-refractivity contribution in [1.82, 2.24) is 9.55 Å². The Morgan fingerprint density at radius 1 is 0.920 bits per heavy atom. The number of thiophene rings is 1. The van der Waals surface area contributed by atoms with Crippen LogP contribution in [0, 0.1) is 6.92 Å². The summed E-state index contributed by atoms with van der Waals surface area (Å²) in [6, 6.07) is 21.2. The molecule has 0 unspecified atom stereocenters. The molecule has 0 aliphatic heterocycles. The van der Waals surface area contributed by atoms with Crippen LogP contribution in [0.2, 0.25) is 0 Å². The fourth-order valence-corrected chi connectivity index (χ4v) is 3.57. The monoisotopic (exact) mass is 344 g/mol. The van der Waals surface area contributed by atoms with E-state index >= 15 is 0 Å². The van der Waals surface area contributed by atoms with Crippen LogP contribution in [0.3, 0.4) is 0 Å². The summed E-state index contributed by atoms with van der Waals surface area (Å²) in [5, 5.41) is 0.621. The summed E-state index contributed by atoms with van der Waals surface area (Å²) in [6.07, 6.45) is 3.92. The molecule has 0 atom stereocenters. The quantitative estimate of drug-likeness (QED) is 0.528. The van der Waals surface area contributed by atoms with Gasteiger partial charge in [-0.2, -0.15) is 0 Å². The predicted octanol–water partition coefficient (Wildman–Crippen LogP) is 4.93. The van der Waals surface area contributed by atoms with Crippen molar-refractivity contribution in [1.29, 1.82) is 0 Å². The molecule has 0 bridgehead atoms. The summed E-state index contributed by atoms with van der Waals surface area (Å²) in [6.45, 7) is 2.08. The smallest absolute Gasteiger partial charge is 0.266 e. The molecule has 4 rings (SSSR count). The van der Waals surface area contributed by atoms with Crippen molar-refractivity contribution in [3.8, 4) is 5.69 Å². The molecule has 0 spiro atoms. The maximum atomic E-state index is 13.1. The van der Waals surface area contributed by atoms with Gasteiger partial charge in [-0.15, -0.1) is 11.3 Å². The zero-order valence-electron chi connectivity index (χ0n) is 13.7. The third-order valence-electron chi connectivity index (χ3n) is 3.97. The molecule has 0 saturated carbocycles. The van der Waals surface area contributed by atoms with Gasteiger partial charge in [-0.25, -0.2) is 4.98 Å². The molecule has 0 aliphatic carbocycles. The van der Waals surface area contributed by atoms with E-state index in [1.54, 1.807) is 15.9 Å². The average Bonchev–Trinajstić information content (AvgIpc) is 3.06. The Morgan fingerprint density at radius 2 is 1.68 bits per heavy atom. The Bertz CT molecular complexity index is 1120. The summed E-state index contributed by atoms with van der Waals surface area (Å²) in [7, 11) is 0. The number of nitrogens with zero attached hydrogens (tertiary/aromatic N) is 2. The standard InChI is InChI=1S/C21H16N2OS/c1-15-11-12-17(25-15)13-14-20-22-19-10-6-5-9-18(19)21(24)23(20)16-7-3-2-4-8-16/h2-14H,1H3. The molecule has 2 aromatic heterocycles. The zero-order valence-corrected chi connectivity index (χ0v) is 14.5. The van der Waals surface area contributed by atoms with E-state index in [-0.39, 0.29) is 5.56 Å². The maximum absolute atomic E-state index is 13.1. The summed E-state index contributed by atoms with van der Waals surface area (Å²) in [5.74, 6) is 0.626. The molecule has 0 amide bonds. The van der Waals surface area contributed by atoms with Gasteiger partial charge < -0.3 is 0 Å². The first-order valence-electron chi connectivity index (χ1n) is 8.04. The van der Waals surface area contributed by atoms with Gasteiger partial charge in [0.05, 0.1) is 16.6 Å². The predicted molar refractivity (Wildman–Crippen MR) is 105 cm³/mol. The number of aromatic nitrogens is 2. The van der Waals surface area contributed by atoms with Gasteiger partial charge in [0.2, 0.25) is 0 Å². The van der Waals surface area contributed by atoms with Crippen LogP contribution in [-0.4, -0.2) is 9.55 Å². The molecule has 3 nitrogen and oxygen atoms in total. The number of aryl methyl sites for hydroxylation is 1. The minimum absolute atomic E-state index is 0.0567. The molecule has 0 radical (unpaired) electrons. The molecule has 4 heteroatoms. The SMILES string of the molecule is Cc1ccc(C=Cc2nc3ccccc3c(=O)n2-c2ccccc2)s1. The summed E-state index contributed by atoms with van der Waals surface area (Å²) in [4.78, 5) is 20.2. The number of rotatable bonds is 3. The maximum Gasteiger partial charge on any atom is 0.266 e. The third kappa shape index (κ3) is 3.04. The molecule has 2 heterocycles. The molecular formula is C21H16N2OS. The first-order valence-corrected chi connectivity index (χ1v) is 8.86. The van der Waals surface area contributed by atoms with E-state index in [0.717, 1.165) is 10.6 Å². The Hall–Kier alpha value is -2.98. The Balaban J connectivity index is 1.95. The van der Waals surface area contributed by atoms with Crippen molar-refractivity contribution in [2.75, 3.05) is 0 Å². The minimum Gasteiger partial charge on any atom is -0.268 e. The highest BCUT2D eigenvalue weighted by Gasteiger charge is 2.10. The van der Waals surface area contributed by atoms with Crippen molar-refractivity contribution in [2.24, 2.45) is 0 Å². The second-order valence-corrected chi connectivity index (χ2v) is 7.06. The van der Waals surface area contributed by atoms with Crippen LogP contribution >= 0.6 is 11.3 Å². The third-order valence-corrected chi connectivity index (χ3v) is 4.94. The summed E-state index contributed by atoms with van der Waals surface area (Å²) < 4.78 is 1.67. The van der Waals surface area contributed by atoms with E-state index in [0.29, 0.717) is 16.7 Å². The van der Waals surface area contributed by atoms with Gasteiger partial charge in [0.25, 0.3) is 5.56 Å². The molecule has 122 valence electrons. The second-order valence-electron chi connectivity index (χ2n) is 5.75. The highest BCUT2D eigenvalue weighted by molar-refractivity contribution is 7.12. The molecule has 0 fully saturated rings. The first kappa shape index (κ1) is 15.5. The molecule has 25 heavy (non-hydrogen) atoms. The highest BCUT2D eigenvalue weighted by Crippen LogP contribution is 2.19. The van der Waals surface area contributed by atoms with Gasteiger partial charge in [0.15, 0.2) is 0 Å². The molecular weight excluding hydrogens is 328 g/mol. The lowest BCUT2D eigenvalue weighted by Crippen LogP contribution is -2.22. The number of fused-ring (bicyclic) bond motifs is 1. The first-order chi connectivity index (χ1) is 12.2. The Labute approximate surface area is 149 Å². The van der Waals surface area contributed by atoms with Gasteiger partial charge in [0, 0.05) is 9.75 Å². The highest BCUT2D eigenvalue weighted by atomic mass is 32.1. The fourth-order valence-electron chi connectivity index (χ4n) is 2.79. The van der Waals surface area contributed by atoms with Gasteiger partial charge in [-0.3, -0.25) is 9.36 Å². The largest absolute Gasteiger partial charge is 0.268 e.